The van der Waals surface area contributed by atoms with Gasteiger partial charge in [-0.25, -0.2) is 0 Å². The Morgan fingerprint density at radius 2 is 0.886 bits per heavy atom. The summed E-state index contributed by atoms with van der Waals surface area (Å²) in [7, 11) is 0. The second kappa shape index (κ2) is 14.7. The summed E-state index contributed by atoms with van der Waals surface area (Å²) in [5, 5.41) is 25.9. The van der Waals surface area contributed by atoms with Crippen LogP contribution in [0.3, 0.4) is 0 Å². The Morgan fingerprint density at radius 3 is 1.26 bits per heavy atom. The van der Waals surface area contributed by atoms with Gasteiger partial charge in [0, 0.05) is 0 Å². The maximum atomic E-state index is 8.63. The van der Waals surface area contributed by atoms with E-state index in [1.54, 1.807) is 97.5 Å². The number of benzene rings is 3. The van der Waals surface area contributed by atoms with Gasteiger partial charge in [-0.15, -0.1) is 0 Å². The summed E-state index contributed by atoms with van der Waals surface area (Å²) in [4.78, 5) is 0. The fraction of sp³-hybridized carbons (Fsp3) is 0.290. The van der Waals surface area contributed by atoms with Crippen LogP contribution in [0.15, 0.2) is 115 Å². The molecule has 3 aliphatic carbocycles. The predicted octanol–water partition coefficient (Wildman–Crippen LogP) is 7.68. The molecule has 5 atom stereocenters. The van der Waals surface area contributed by atoms with Crippen LogP contribution in [0.25, 0.3) is 0 Å². The Morgan fingerprint density at radius 1 is 0.514 bits per heavy atom. The second-order valence-corrected chi connectivity index (χ2v) is 10.7. The molecule has 3 N–H and O–H groups in total. The van der Waals surface area contributed by atoms with Crippen LogP contribution < -0.4 is 0 Å². The van der Waals surface area contributed by atoms with Crippen LogP contribution in [0.2, 0.25) is 3.63 Å². The Bertz CT molecular complexity index is 932. The van der Waals surface area contributed by atoms with Crippen molar-refractivity contribution in [1.29, 1.82) is 0 Å². The van der Waals surface area contributed by atoms with Gasteiger partial charge in [0.2, 0.25) is 0 Å². The molecule has 0 spiro atoms. The Hall–Kier alpha value is -2.58. The first-order valence-electron chi connectivity index (χ1n) is 12.3. The minimum atomic E-state index is 0.322. The van der Waals surface area contributed by atoms with E-state index in [-0.39, 0.29) is 0 Å². The Balaban J connectivity index is 0.000000140. The van der Waals surface area contributed by atoms with E-state index in [0.29, 0.717) is 17.2 Å². The van der Waals surface area contributed by atoms with Crippen LogP contribution in [0.1, 0.15) is 25.7 Å². The summed E-state index contributed by atoms with van der Waals surface area (Å²) in [6, 6.07) is 26.1. The van der Waals surface area contributed by atoms with E-state index in [1.807, 2.05) is 18.2 Å². The Labute approximate surface area is 224 Å². The average molecular weight is 547 g/mol. The van der Waals surface area contributed by atoms with Crippen molar-refractivity contribution < 1.29 is 40.0 Å². The molecule has 0 radical (unpaired) electrons. The van der Waals surface area contributed by atoms with Gasteiger partial charge >= 0.3 is 102 Å². The molecule has 6 rings (SSSR count). The molecule has 0 amide bonds. The molecule has 2 fully saturated rings. The molecule has 5 unspecified atom stereocenters. The van der Waals surface area contributed by atoms with Crippen LogP contribution in [-0.2, 0) is 24.7 Å². The fourth-order valence-electron chi connectivity index (χ4n) is 5.11. The van der Waals surface area contributed by atoms with Crippen molar-refractivity contribution in [3.63, 3.8) is 0 Å². The van der Waals surface area contributed by atoms with E-state index in [1.165, 1.54) is 25.7 Å². The number of phenolic OH excluding ortho intramolecular Hbond substituents is 3. The van der Waals surface area contributed by atoms with Crippen LogP contribution in [-0.4, -0.2) is 15.3 Å². The number of allylic oxidation sites excluding steroid dienone is 4. The zero-order chi connectivity index (χ0) is 24.9. The van der Waals surface area contributed by atoms with Crippen molar-refractivity contribution in [2.24, 2.45) is 23.7 Å². The van der Waals surface area contributed by atoms with E-state index >= 15 is 0 Å². The first-order valence-corrected chi connectivity index (χ1v) is 13.8. The SMILES string of the molecule is Oc1ccccc1.Oc1ccccc1.Oc1ccccc1.[Zr][CH]1C2C=CC=CC2C2CCCCC12. The Kier molecular flexibility index (Phi) is 11.4. The first-order chi connectivity index (χ1) is 17.1. The number of phenols is 3. The van der Waals surface area contributed by atoms with Crippen molar-refractivity contribution in [3.05, 3.63) is 115 Å². The number of rotatable bonds is 0. The first kappa shape index (κ1) is 27.0. The van der Waals surface area contributed by atoms with Crippen LogP contribution in [0.4, 0.5) is 0 Å². The van der Waals surface area contributed by atoms with Gasteiger partial charge in [-0.05, 0) is 36.4 Å². The third-order valence-electron chi connectivity index (χ3n) is 6.74. The standard InChI is InChI=1S/C13H17.3C6H6O.Zr/c1-3-7-12-10(5-1)9-11-6-2-4-8-13(11)12;3*7-6-4-2-1-3-5-6;/h1,3,5,7,9-13H,2,4,6,8H2;3*1-5,7H;. The fourth-order valence-corrected chi connectivity index (χ4v) is 6.95. The minimum absolute atomic E-state index is 0.322. The molecule has 3 aromatic rings. The third-order valence-corrected chi connectivity index (χ3v) is 8.73. The molecule has 3 aromatic carbocycles. The van der Waals surface area contributed by atoms with E-state index in [4.69, 9.17) is 15.3 Å². The molecule has 3 nitrogen and oxygen atoms in total. The maximum absolute atomic E-state index is 8.63. The van der Waals surface area contributed by atoms with Crippen molar-refractivity contribution >= 4 is 0 Å². The second-order valence-electron chi connectivity index (χ2n) is 9.07. The molecule has 35 heavy (non-hydrogen) atoms. The van der Waals surface area contributed by atoms with Gasteiger partial charge in [-0.3, -0.25) is 0 Å². The van der Waals surface area contributed by atoms with Crippen molar-refractivity contribution in [1.82, 2.24) is 0 Å². The van der Waals surface area contributed by atoms with E-state index in [0.717, 1.165) is 27.3 Å². The van der Waals surface area contributed by atoms with E-state index in [2.05, 4.69) is 24.3 Å². The quantitative estimate of drug-likeness (QED) is 0.271. The zero-order valence-corrected chi connectivity index (χ0v) is 22.5. The van der Waals surface area contributed by atoms with Gasteiger partial charge in [-0.1, -0.05) is 54.6 Å². The molecule has 0 aliphatic heterocycles. The number of fused-ring (bicyclic) bond motifs is 3. The normalized spacial score (nSPS) is 25.2. The molecule has 0 bridgehead atoms. The molecule has 4 heteroatoms. The van der Waals surface area contributed by atoms with Crippen LogP contribution >= 0.6 is 0 Å². The number of hydrogen-bond donors (Lipinski definition) is 3. The number of hydrogen-bond acceptors (Lipinski definition) is 3. The number of para-hydroxylation sites is 3. The monoisotopic (exact) mass is 545 g/mol. The summed E-state index contributed by atoms with van der Waals surface area (Å²) in [5.74, 6) is 4.90. The summed E-state index contributed by atoms with van der Waals surface area (Å²) < 4.78 is 1.03. The van der Waals surface area contributed by atoms with Gasteiger partial charge < -0.3 is 15.3 Å². The molecule has 0 heterocycles. The van der Waals surface area contributed by atoms with Crippen molar-refractivity contribution in [2.45, 2.75) is 29.3 Å². The summed E-state index contributed by atoms with van der Waals surface area (Å²) in [6.45, 7) is 0. The van der Waals surface area contributed by atoms with E-state index < -0.39 is 0 Å². The van der Waals surface area contributed by atoms with Crippen LogP contribution in [0, 0.1) is 23.7 Å². The average Bonchev–Trinajstić information content (AvgIpc) is 3.19. The summed E-state index contributed by atoms with van der Waals surface area (Å²) in [5.41, 5.74) is 0. The third kappa shape index (κ3) is 8.86. The number of aromatic hydroxyl groups is 3. The topological polar surface area (TPSA) is 60.7 Å². The predicted molar refractivity (Wildman–Crippen MR) is 139 cm³/mol. The van der Waals surface area contributed by atoms with Crippen molar-refractivity contribution in [2.75, 3.05) is 0 Å². The zero-order valence-electron chi connectivity index (χ0n) is 20.0. The van der Waals surface area contributed by atoms with Crippen molar-refractivity contribution in [3.8, 4) is 17.2 Å². The molecule has 0 saturated heterocycles. The molecular formula is C31H35O3Zr. The summed E-state index contributed by atoms with van der Waals surface area (Å²) in [6.07, 6.45) is 15.6. The van der Waals surface area contributed by atoms with E-state index in [9.17, 15) is 0 Å². The molecular weight excluding hydrogens is 512 g/mol. The summed E-state index contributed by atoms with van der Waals surface area (Å²) >= 11 is 1.79. The molecule has 3 aliphatic rings. The van der Waals surface area contributed by atoms with Crippen LogP contribution in [0.5, 0.6) is 17.2 Å². The van der Waals surface area contributed by atoms with Gasteiger partial charge in [-0.2, -0.15) is 0 Å². The molecule has 181 valence electrons. The van der Waals surface area contributed by atoms with Gasteiger partial charge in [0.25, 0.3) is 0 Å². The van der Waals surface area contributed by atoms with Gasteiger partial charge in [0.05, 0.1) is 0 Å². The molecule has 2 saturated carbocycles. The van der Waals surface area contributed by atoms with Gasteiger partial charge in [0.1, 0.15) is 17.2 Å². The molecule has 0 aromatic heterocycles. The van der Waals surface area contributed by atoms with Gasteiger partial charge in [0.15, 0.2) is 0 Å².